The molecule has 23 heavy (non-hydrogen) atoms. The molecule has 0 radical (unpaired) electrons. The third kappa shape index (κ3) is 4.11. The zero-order chi connectivity index (χ0) is 16.1. The van der Waals surface area contributed by atoms with E-state index in [-0.39, 0.29) is 0 Å². The second kappa shape index (κ2) is 7.91. The number of carbonyl (C=O) groups is 1. The molecule has 0 saturated heterocycles. The van der Waals surface area contributed by atoms with E-state index in [0.717, 1.165) is 29.9 Å². The Kier molecular flexibility index (Phi) is 5.65. The first-order chi connectivity index (χ1) is 11.3. The van der Waals surface area contributed by atoms with Crippen LogP contribution in [0.5, 0.6) is 0 Å². The van der Waals surface area contributed by atoms with Crippen LogP contribution in [0.4, 0.5) is 0 Å². The van der Waals surface area contributed by atoms with Crippen molar-refractivity contribution in [1.82, 2.24) is 9.88 Å². The monoisotopic (exact) mass is 330 g/mol. The van der Waals surface area contributed by atoms with Crippen molar-refractivity contribution in [2.24, 2.45) is 0 Å². The Labute approximate surface area is 142 Å². The van der Waals surface area contributed by atoms with Gasteiger partial charge in [-0.25, -0.2) is 4.98 Å². The molecule has 124 valence electrons. The summed E-state index contributed by atoms with van der Waals surface area (Å²) < 4.78 is 1.24. The van der Waals surface area contributed by atoms with Gasteiger partial charge in [-0.3, -0.25) is 4.79 Å². The zero-order valence-corrected chi connectivity index (χ0v) is 14.8. The number of fused-ring (bicyclic) bond motifs is 1. The summed E-state index contributed by atoms with van der Waals surface area (Å²) in [7, 11) is 0. The molecule has 0 bridgehead atoms. The topological polar surface area (TPSA) is 33.2 Å². The van der Waals surface area contributed by atoms with E-state index in [0.29, 0.717) is 18.4 Å². The van der Waals surface area contributed by atoms with Gasteiger partial charge in [-0.2, -0.15) is 0 Å². The number of rotatable bonds is 6. The standard InChI is InChI=1S/C19H26N2OS/c1-2-21(15-9-4-3-5-10-15)19(22)14-8-13-18-20-16-11-6-7-12-17(16)23-18/h6-7,11-12,15H,2-5,8-10,13-14H2,1H3. The van der Waals surface area contributed by atoms with Crippen molar-refractivity contribution >= 4 is 27.5 Å². The highest BCUT2D eigenvalue weighted by molar-refractivity contribution is 7.18. The quantitative estimate of drug-likeness (QED) is 0.762. The van der Waals surface area contributed by atoms with Gasteiger partial charge >= 0.3 is 0 Å². The van der Waals surface area contributed by atoms with Crippen LogP contribution in [0.25, 0.3) is 10.2 Å². The fourth-order valence-electron chi connectivity index (χ4n) is 3.59. The summed E-state index contributed by atoms with van der Waals surface area (Å²) in [4.78, 5) is 19.3. The summed E-state index contributed by atoms with van der Waals surface area (Å²) in [5.74, 6) is 0.334. The molecule has 1 saturated carbocycles. The molecular formula is C19H26N2OS. The van der Waals surface area contributed by atoms with Crippen molar-refractivity contribution in [3.8, 4) is 0 Å². The van der Waals surface area contributed by atoms with Gasteiger partial charge in [0.25, 0.3) is 0 Å². The summed E-state index contributed by atoms with van der Waals surface area (Å²) in [6, 6.07) is 8.74. The maximum absolute atomic E-state index is 12.5. The van der Waals surface area contributed by atoms with Crippen LogP contribution in [-0.2, 0) is 11.2 Å². The summed E-state index contributed by atoms with van der Waals surface area (Å²) in [5, 5.41) is 1.15. The summed E-state index contributed by atoms with van der Waals surface area (Å²) in [5.41, 5.74) is 1.08. The third-order valence-electron chi connectivity index (χ3n) is 4.80. The molecule has 0 atom stereocenters. The molecule has 2 aromatic rings. The lowest BCUT2D eigenvalue weighted by Gasteiger charge is -2.33. The van der Waals surface area contributed by atoms with Crippen LogP contribution >= 0.6 is 11.3 Å². The number of benzene rings is 1. The van der Waals surface area contributed by atoms with E-state index in [2.05, 4.69) is 35.0 Å². The van der Waals surface area contributed by atoms with Gasteiger partial charge < -0.3 is 4.90 Å². The van der Waals surface area contributed by atoms with Crippen LogP contribution in [0, 0.1) is 0 Å². The first-order valence-corrected chi connectivity index (χ1v) is 9.73. The van der Waals surface area contributed by atoms with Gasteiger partial charge in [0.2, 0.25) is 5.91 Å². The van der Waals surface area contributed by atoms with E-state index in [1.165, 1.54) is 36.8 Å². The fourth-order valence-corrected chi connectivity index (χ4v) is 4.60. The van der Waals surface area contributed by atoms with Gasteiger partial charge in [0.15, 0.2) is 0 Å². The number of amides is 1. The number of hydrogen-bond acceptors (Lipinski definition) is 3. The molecule has 0 unspecified atom stereocenters. The maximum atomic E-state index is 12.5. The Morgan fingerprint density at radius 1 is 1.26 bits per heavy atom. The average molecular weight is 330 g/mol. The molecule has 1 heterocycles. The van der Waals surface area contributed by atoms with Gasteiger partial charge in [0, 0.05) is 19.0 Å². The highest BCUT2D eigenvalue weighted by atomic mass is 32.1. The molecule has 3 nitrogen and oxygen atoms in total. The maximum Gasteiger partial charge on any atom is 0.222 e. The average Bonchev–Trinajstić information content (AvgIpc) is 2.99. The van der Waals surface area contributed by atoms with E-state index in [1.54, 1.807) is 11.3 Å². The molecule has 0 spiro atoms. The van der Waals surface area contributed by atoms with E-state index in [1.807, 2.05) is 6.07 Å². The van der Waals surface area contributed by atoms with Crippen molar-refractivity contribution in [3.05, 3.63) is 29.3 Å². The van der Waals surface area contributed by atoms with Crippen LogP contribution in [0.1, 0.15) is 56.9 Å². The summed E-state index contributed by atoms with van der Waals surface area (Å²) in [6.07, 6.45) is 8.74. The highest BCUT2D eigenvalue weighted by Gasteiger charge is 2.23. The third-order valence-corrected chi connectivity index (χ3v) is 5.89. The van der Waals surface area contributed by atoms with Crippen LogP contribution in [0.15, 0.2) is 24.3 Å². The Morgan fingerprint density at radius 3 is 2.78 bits per heavy atom. The molecule has 1 amide bonds. The molecule has 4 heteroatoms. The smallest absolute Gasteiger partial charge is 0.222 e. The first kappa shape index (κ1) is 16.4. The van der Waals surface area contributed by atoms with Gasteiger partial charge in [-0.15, -0.1) is 11.3 Å². The largest absolute Gasteiger partial charge is 0.340 e. The van der Waals surface area contributed by atoms with Crippen molar-refractivity contribution in [2.45, 2.75) is 64.3 Å². The number of thiazole rings is 1. The van der Waals surface area contributed by atoms with Crippen LogP contribution in [0.3, 0.4) is 0 Å². The van der Waals surface area contributed by atoms with E-state index in [9.17, 15) is 4.79 Å². The van der Waals surface area contributed by atoms with Crippen molar-refractivity contribution in [1.29, 1.82) is 0 Å². The minimum absolute atomic E-state index is 0.334. The van der Waals surface area contributed by atoms with E-state index in [4.69, 9.17) is 0 Å². The number of para-hydroxylation sites is 1. The van der Waals surface area contributed by atoms with Gasteiger partial charge in [-0.05, 0) is 44.7 Å². The summed E-state index contributed by atoms with van der Waals surface area (Å²) >= 11 is 1.76. The number of carbonyl (C=O) groups excluding carboxylic acids is 1. The molecular weight excluding hydrogens is 304 g/mol. The zero-order valence-electron chi connectivity index (χ0n) is 14.0. The van der Waals surface area contributed by atoms with Crippen molar-refractivity contribution in [2.75, 3.05) is 6.54 Å². The molecule has 3 rings (SSSR count). The van der Waals surface area contributed by atoms with Crippen LogP contribution in [-0.4, -0.2) is 28.4 Å². The number of aryl methyl sites for hydroxylation is 1. The van der Waals surface area contributed by atoms with E-state index >= 15 is 0 Å². The van der Waals surface area contributed by atoms with Crippen molar-refractivity contribution in [3.63, 3.8) is 0 Å². The normalized spacial score (nSPS) is 15.9. The molecule has 1 fully saturated rings. The molecule has 0 aliphatic heterocycles. The molecule has 1 aliphatic carbocycles. The Balaban J connectivity index is 1.51. The molecule has 1 aromatic heterocycles. The highest BCUT2D eigenvalue weighted by Crippen LogP contribution is 2.25. The molecule has 0 N–H and O–H groups in total. The minimum atomic E-state index is 0.334. The second-order valence-corrected chi connectivity index (χ2v) is 7.52. The van der Waals surface area contributed by atoms with Crippen LogP contribution < -0.4 is 0 Å². The van der Waals surface area contributed by atoms with E-state index < -0.39 is 0 Å². The molecule has 1 aliphatic rings. The minimum Gasteiger partial charge on any atom is -0.340 e. The number of hydrogen-bond donors (Lipinski definition) is 0. The van der Waals surface area contributed by atoms with Gasteiger partial charge in [-0.1, -0.05) is 31.4 Å². The number of nitrogens with zero attached hydrogens (tertiary/aromatic N) is 2. The lowest BCUT2D eigenvalue weighted by Crippen LogP contribution is -2.41. The Bertz CT molecular complexity index is 613. The first-order valence-electron chi connectivity index (χ1n) is 8.92. The summed E-state index contributed by atoms with van der Waals surface area (Å²) in [6.45, 7) is 2.96. The number of aromatic nitrogens is 1. The lowest BCUT2D eigenvalue weighted by atomic mass is 9.94. The fraction of sp³-hybridized carbons (Fsp3) is 0.579. The predicted molar refractivity (Wildman–Crippen MR) is 96.8 cm³/mol. The predicted octanol–water partition coefficient (Wildman–Crippen LogP) is 4.80. The van der Waals surface area contributed by atoms with Gasteiger partial charge in [0.1, 0.15) is 0 Å². The Hall–Kier alpha value is -1.42. The van der Waals surface area contributed by atoms with Gasteiger partial charge in [0.05, 0.1) is 15.2 Å². The van der Waals surface area contributed by atoms with Crippen LogP contribution in [0.2, 0.25) is 0 Å². The molecule has 1 aromatic carbocycles. The SMILES string of the molecule is CCN(C(=O)CCCc1nc2ccccc2s1)C1CCCCC1. The Morgan fingerprint density at radius 2 is 2.04 bits per heavy atom. The lowest BCUT2D eigenvalue weighted by molar-refractivity contribution is -0.134. The van der Waals surface area contributed by atoms with Crippen molar-refractivity contribution < 1.29 is 4.79 Å². The second-order valence-electron chi connectivity index (χ2n) is 6.40.